The highest BCUT2D eigenvalue weighted by Crippen LogP contribution is 2.27. The van der Waals surface area contributed by atoms with Gasteiger partial charge in [-0.2, -0.15) is 0 Å². The van der Waals surface area contributed by atoms with E-state index in [1.54, 1.807) is 6.92 Å². The molecule has 1 fully saturated rings. The van der Waals surface area contributed by atoms with Crippen LogP contribution in [0.15, 0.2) is 34.7 Å². The van der Waals surface area contributed by atoms with Crippen molar-refractivity contribution in [2.24, 2.45) is 5.92 Å². The lowest BCUT2D eigenvalue weighted by Crippen LogP contribution is -2.50. The summed E-state index contributed by atoms with van der Waals surface area (Å²) < 4.78 is 5.62. The average molecular weight is 328 g/mol. The van der Waals surface area contributed by atoms with Crippen LogP contribution in [-0.4, -0.2) is 39.5 Å². The summed E-state index contributed by atoms with van der Waals surface area (Å²) >= 11 is 0. The van der Waals surface area contributed by atoms with Crippen molar-refractivity contribution in [1.82, 2.24) is 9.88 Å². The topological polar surface area (TPSA) is 83.6 Å². The van der Waals surface area contributed by atoms with Crippen molar-refractivity contribution >= 4 is 11.9 Å². The van der Waals surface area contributed by atoms with Crippen LogP contribution in [0.4, 0.5) is 0 Å². The van der Waals surface area contributed by atoms with E-state index in [0.29, 0.717) is 24.6 Å². The summed E-state index contributed by atoms with van der Waals surface area (Å²) in [7, 11) is 0. The first-order valence-corrected chi connectivity index (χ1v) is 8.04. The van der Waals surface area contributed by atoms with Gasteiger partial charge in [-0.15, -0.1) is 0 Å². The molecule has 2 aromatic rings. The summed E-state index contributed by atoms with van der Waals surface area (Å²) in [6.07, 6.45) is 1.25. The molecule has 6 nitrogen and oxygen atoms in total. The molecule has 1 aliphatic rings. The minimum absolute atomic E-state index is 0.189. The van der Waals surface area contributed by atoms with Crippen molar-refractivity contribution in [3.8, 4) is 11.5 Å². The molecule has 0 spiro atoms. The normalized spacial score (nSPS) is 20.8. The number of hydrogen-bond acceptors (Lipinski definition) is 4. The molecule has 126 valence electrons. The van der Waals surface area contributed by atoms with Gasteiger partial charge in [0.05, 0.1) is 0 Å². The number of aliphatic carboxylic acids is 1. The molecule has 0 radical (unpaired) electrons. The lowest BCUT2D eigenvalue weighted by Gasteiger charge is -2.35. The third-order valence-electron chi connectivity index (χ3n) is 4.43. The minimum Gasteiger partial charge on any atom is -0.480 e. The predicted molar refractivity (Wildman–Crippen MR) is 87.5 cm³/mol. The Hall–Kier alpha value is -2.63. The largest absolute Gasteiger partial charge is 0.480 e. The molecule has 1 aromatic carbocycles. The summed E-state index contributed by atoms with van der Waals surface area (Å²) in [4.78, 5) is 30.1. The van der Waals surface area contributed by atoms with Crippen LogP contribution in [0.5, 0.6) is 0 Å². The molecule has 6 heteroatoms. The van der Waals surface area contributed by atoms with Gasteiger partial charge in [-0.1, -0.05) is 25.1 Å². The van der Waals surface area contributed by atoms with Gasteiger partial charge >= 0.3 is 5.97 Å². The molecule has 1 amide bonds. The molecule has 3 rings (SSSR count). The van der Waals surface area contributed by atoms with E-state index in [1.165, 1.54) is 4.90 Å². The van der Waals surface area contributed by atoms with Crippen molar-refractivity contribution in [1.29, 1.82) is 0 Å². The molecule has 1 aliphatic heterocycles. The molecule has 24 heavy (non-hydrogen) atoms. The van der Waals surface area contributed by atoms with Crippen molar-refractivity contribution in [3.05, 3.63) is 41.8 Å². The lowest BCUT2D eigenvalue weighted by atomic mass is 9.92. The maximum Gasteiger partial charge on any atom is 0.326 e. The second-order valence-electron chi connectivity index (χ2n) is 6.27. The Morgan fingerprint density at radius 2 is 2.00 bits per heavy atom. The van der Waals surface area contributed by atoms with Crippen LogP contribution in [0.25, 0.3) is 11.5 Å². The fourth-order valence-corrected chi connectivity index (χ4v) is 3.05. The smallest absolute Gasteiger partial charge is 0.326 e. The first kappa shape index (κ1) is 16.2. The summed E-state index contributed by atoms with van der Waals surface area (Å²) in [5.74, 6) is -0.291. The number of carbonyl (C=O) groups excluding carboxylic acids is 1. The highest BCUT2D eigenvalue weighted by atomic mass is 16.4. The number of piperidine rings is 1. The van der Waals surface area contributed by atoms with E-state index in [-0.39, 0.29) is 17.5 Å². The number of aromatic nitrogens is 1. The number of carboxylic acids is 1. The zero-order chi connectivity index (χ0) is 17.3. The number of oxazole rings is 1. The van der Waals surface area contributed by atoms with Gasteiger partial charge in [0.25, 0.3) is 5.91 Å². The number of likely N-dealkylation sites (tertiary alicyclic amines) is 1. The first-order valence-electron chi connectivity index (χ1n) is 8.04. The third kappa shape index (κ3) is 3.04. The molecular formula is C18H20N2O4. The van der Waals surface area contributed by atoms with Crippen LogP contribution in [0.1, 0.15) is 36.0 Å². The fraction of sp³-hybridized carbons (Fsp3) is 0.389. The van der Waals surface area contributed by atoms with E-state index in [2.05, 4.69) is 4.98 Å². The number of rotatable bonds is 3. The summed E-state index contributed by atoms with van der Waals surface area (Å²) in [6.45, 7) is 4.10. The highest BCUT2D eigenvalue weighted by molar-refractivity contribution is 5.96. The Bertz CT molecular complexity index is 754. The summed E-state index contributed by atoms with van der Waals surface area (Å²) in [5.41, 5.74) is 0.969. The summed E-state index contributed by atoms with van der Waals surface area (Å²) in [5, 5.41) is 9.44. The maximum atomic E-state index is 12.8. The predicted octanol–water partition coefficient (Wildman–Crippen LogP) is 2.98. The number of carbonyl (C=O) groups is 2. The molecule has 0 aliphatic carbocycles. The van der Waals surface area contributed by atoms with E-state index in [0.717, 1.165) is 12.0 Å². The van der Waals surface area contributed by atoms with Crippen LogP contribution >= 0.6 is 0 Å². The van der Waals surface area contributed by atoms with Gasteiger partial charge in [0, 0.05) is 12.1 Å². The number of carboxylic acid groups (broad SMARTS) is 1. The maximum absolute atomic E-state index is 12.8. The second kappa shape index (κ2) is 6.47. The van der Waals surface area contributed by atoms with E-state index < -0.39 is 12.0 Å². The molecule has 2 atom stereocenters. The fourth-order valence-electron chi connectivity index (χ4n) is 3.05. The van der Waals surface area contributed by atoms with Gasteiger partial charge in [-0.3, -0.25) is 4.79 Å². The second-order valence-corrected chi connectivity index (χ2v) is 6.27. The number of nitrogens with zero attached hydrogens (tertiary/aromatic N) is 2. The summed E-state index contributed by atoms with van der Waals surface area (Å²) in [6, 6.07) is 8.51. The van der Waals surface area contributed by atoms with Crippen LogP contribution < -0.4 is 0 Å². The van der Waals surface area contributed by atoms with E-state index in [4.69, 9.17) is 4.42 Å². The van der Waals surface area contributed by atoms with E-state index in [1.807, 2.05) is 37.3 Å². The molecular weight excluding hydrogens is 308 g/mol. The van der Waals surface area contributed by atoms with Gasteiger partial charge < -0.3 is 14.4 Å². The Balaban J connectivity index is 1.90. The van der Waals surface area contributed by atoms with Gasteiger partial charge in [0.15, 0.2) is 5.69 Å². The number of benzene rings is 1. The van der Waals surface area contributed by atoms with Crippen LogP contribution in [0.3, 0.4) is 0 Å². The van der Waals surface area contributed by atoms with Crippen LogP contribution in [0, 0.1) is 12.8 Å². The molecule has 0 bridgehead atoms. The molecule has 1 saturated heterocycles. The zero-order valence-corrected chi connectivity index (χ0v) is 13.7. The van der Waals surface area contributed by atoms with Crippen LogP contribution in [0.2, 0.25) is 0 Å². The van der Waals surface area contributed by atoms with Crippen molar-refractivity contribution in [2.75, 3.05) is 6.54 Å². The van der Waals surface area contributed by atoms with Crippen LogP contribution in [-0.2, 0) is 4.79 Å². The standard InChI is InChI=1S/C18H20N2O4/c1-11-8-9-20(14(10-11)18(22)23)17(21)15-12(2)24-16(19-15)13-6-4-3-5-7-13/h3-7,11,14H,8-10H2,1-2H3,(H,22,23). The molecule has 2 unspecified atom stereocenters. The van der Waals surface area contributed by atoms with Crippen molar-refractivity contribution < 1.29 is 19.1 Å². The van der Waals surface area contributed by atoms with Crippen molar-refractivity contribution in [3.63, 3.8) is 0 Å². The average Bonchev–Trinajstić information content (AvgIpc) is 2.97. The third-order valence-corrected chi connectivity index (χ3v) is 4.43. The van der Waals surface area contributed by atoms with Gasteiger partial charge in [0.2, 0.25) is 5.89 Å². The van der Waals surface area contributed by atoms with E-state index >= 15 is 0 Å². The number of hydrogen-bond donors (Lipinski definition) is 1. The lowest BCUT2D eigenvalue weighted by molar-refractivity contribution is -0.144. The monoisotopic (exact) mass is 328 g/mol. The Morgan fingerprint density at radius 1 is 1.29 bits per heavy atom. The highest BCUT2D eigenvalue weighted by Gasteiger charge is 2.37. The molecule has 2 heterocycles. The zero-order valence-electron chi connectivity index (χ0n) is 13.7. The Morgan fingerprint density at radius 3 is 2.67 bits per heavy atom. The van der Waals surface area contributed by atoms with E-state index in [9.17, 15) is 14.7 Å². The Labute approximate surface area is 140 Å². The van der Waals surface area contributed by atoms with Crippen molar-refractivity contribution in [2.45, 2.75) is 32.7 Å². The molecule has 1 N–H and O–H groups in total. The van der Waals surface area contributed by atoms with Gasteiger partial charge in [0.1, 0.15) is 11.8 Å². The SMILES string of the molecule is Cc1oc(-c2ccccc2)nc1C(=O)N1CCC(C)CC1C(=O)O. The quantitative estimate of drug-likeness (QED) is 0.936. The first-order chi connectivity index (χ1) is 11.5. The Kier molecular flexibility index (Phi) is 4.38. The van der Waals surface area contributed by atoms with Gasteiger partial charge in [-0.25, -0.2) is 9.78 Å². The molecule has 0 saturated carbocycles. The number of amides is 1. The molecule has 1 aromatic heterocycles. The van der Waals surface area contributed by atoms with Gasteiger partial charge in [-0.05, 0) is 37.8 Å². The minimum atomic E-state index is -0.973. The number of aryl methyl sites for hydroxylation is 1.